The van der Waals surface area contributed by atoms with Gasteiger partial charge in [0.15, 0.2) is 0 Å². The number of aryl methyl sites for hydroxylation is 2. The number of rotatable bonds is 9. The number of benzene rings is 2. The number of para-hydroxylation sites is 1. The molecule has 2 N–H and O–H groups in total. The van der Waals surface area contributed by atoms with Crippen LogP contribution in [0.25, 0.3) is 0 Å². The molecule has 0 saturated heterocycles. The second-order valence-electron chi connectivity index (χ2n) is 7.83. The topological polar surface area (TPSA) is 64.7 Å². The van der Waals surface area contributed by atoms with Gasteiger partial charge in [-0.25, -0.2) is 0 Å². The lowest BCUT2D eigenvalue weighted by Gasteiger charge is -2.27. The van der Waals surface area contributed by atoms with Gasteiger partial charge in [-0.2, -0.15) is 0 Å². The molecule has 0 unspecified atom stereocenters. The van der Waals surface area contributed by atoms with Gasteiger partial charge in [-0.15, -0.1) is 0 Å². The lowest BCUT2D eigenvalue weighted by molar-refractivity contribution is -0.128. The number of carbonyl (C=O) groups excluding carboxylic acids is 2. The largest absolute Gasteiger partial charge is 0.378 e. The molecule has 30 heavy (non-hydrogen) atoms. The van der Waals surface area contributed by atoms with E-state index in [1.807, 2.05) is 60.0 Å². The summed E-state index contributed by atoms with van der Waals surface area (Å²) in [6.45, 7) is 9.17. The van der Waals surface area contributed by atoms with Crippen LogP contribution in [0.15, 0.2) is 42.5 Å². The average Bonchev–Trinajstić information content (AvgIpc) is 2.72. The highest BCUT2D eigenvalue weighted by Gasteiger charge is 2.21. The fourth-order valence-corrected chi connectivity index (χ4v) is 3.33. The van der Waals surface area contributed by atoms with Crippen molar-refractivity contribution in [3.8, 4) is 0 Å². The number of nitrogens with one attached hydrogen (secondary N) is 2. The van der Waals surface area contributed by atoms with E-state index in [1.165, 1.54) is 0 Å². The zero-order valence-corrected chi connectivity index (χ0v) is 19.0. The molecule has 2 aromatic rings. The summed E-state index contributed by atoms with van der Waals surface area (Å²) < 4.78 is 0. The van der Waals surface area contributed by atoms with Crippen LogP contribution in [-0.2, 0) is 16.1 Å². The van der Waals surface area contributed by atoms with Gasteiger partial charge in [0.05, 0.1) is 12.6 Å². The SMILES string of the molecule is CCN(Cc1ccc(N(C)C)cc1)[C@@H](C)C(=O)NCC(=O)Nc1c(C)cccc1C. The third-order valence-corrected chi connectivity index (χ3v) is 5.34. The van der Waals surface area contributed by atoms with E-state index in [2.05, 4.69) is 44.7 Å². The lowest BCUT2D eigenvalue weighted by atomic mass is 10.1. The van der Waals surface area contributed by atoms with Gasteiger partial charge >= 0.3 is 0 Å². The van der Waals surface area contributed by atoms with Gasteiger partial charge in [0.25, 0.3) is 0 Å². The Bertz CT molecular complexity index is 842. The van der Waals surface area contributed by atoms with Crippen molar-refractivity contribution in [3.63, 3.8) is 0 Å². The highest BCUT2D eigenvalue weighted by Crippen LogP contribution is 2.19. The molecule has 0 aliphatic rings. The lowest BCUT2D eigenvalue weighted by Crippen LogP contribution is -2.46. The minimum absolute atomic E-state index is 0.0496. The molecule has 162 valence electrons. The van der Waals surface area contributed by atoms with Gasteiger partial charge in [0.2, 0.25) is 11.8 Å². The molecule has 2 aromatic carbocycles. The Morgan fingerprint density at radius 2 is 1.60 bits per heavy atom. The summed E-state index contributed by atoms with van der Waals surface area (Å²) in [6.07, 6.45) is 0. The van der Waals surface area contributed by atoms with Gasteiger partial charge in [-0.1, -0.05) is 37.3 Å². The van der Waals surface area contributed by atoms with Crippen LogP contribution in [0.3, 0.4) is 0 Å². The first-order valence-electron chi connectivity index (χ1n) is 10.4. The van der Waals surface area contributed by atoms with Crippen molar-refractivity contribution in [2.24, 2.45) is 0 Å². The first-order valence-corrected chi connectivity index (χ1v) is 10.4. The summed E-state index contributed by atoms with van der Waals surface area (Å²) in [5.74, 6) is -0.381. The zero-order chi connectivity index (χ0) is 22.3. The summed E-state index contributed by atoms with van der Waals surface area (Å²) in [4.78, 5) is 29.1. The molecule has 6 heteroatoms. The molecule has 6 nitrogen and oxygen atoms in total. The number of anilines is 2. The second kappa shape index (κ2) is 10.8. The number of amides is 2. The van der Waals surface area contributed by atoms with Crippen molar-refractivity contribution in [2.75, 3.05) is 37.4 Å². The van der Waals surface area contributed by atoms with E-state index in [0.29, 0.717) is 6.54 Å². The minimum atomic E-state index is -0.337. The van der Waals surface area contributed by atoms with Crippen LogP contribution in [0.5, 0.6) is 0 Å². The number of nitrogens with zero attached hydrogens (tertiary/aromatic N) is 2. The van der Waals surface area contributed by atoms with Crippen LogP contribution < -0.4 is 15.5 Å². The van der Waals surface area contributed by atoms with E-state index in [1.54, 1.807) is 0 Å². The summed E-state index contributed by atoms with van der Waals surface area (Å²) in [5, 5.41) is 5.67. The van der Waals surface area contributed by atoms with Gasteiger partial charge in [-0.05, 0) is 56.1 Å². The molecule has 0 spiro atoms. The van der Waals surface area contributed by atoms with Crippen LogP contribution in [-0.4, -0.2) is 49.9 Å². The Labute approximate surface area is 180 Å². The second-order valence-corrected chi connectivity index (χ2v) is 7.83. The molecular formula is C24H34N4O2. The highest BCUT2D eigenvalue weighted by atomic mass is 16.2. The van der Waals surface area contributed by atoms with Crippen molar-refractivity contribution in [3.05, 3.63) is 59.2 Å². The summed E-state index contributed by atoms with van der Waals surface area (Å²) in [5.41, 5.74) is 5.10. The predicted octanol–water partition coefficient (Wildman–Crippen LogP) is 3.33. The maximum atomic E-state index is 12.6. The molecule has 0 bridgehead atoms. The summed E-state index contributed by atoms with van der Waals surface area (Å²) >= 11 is 0. The fourth-order valence-electron chi connectivity index (χ4n) is 3.33. The standard InChI is InChI=1S/C24H34N4O2/c1-7-28(16-20-11-13-21(14-12-20)27(5)6)19(4)24(30)25-15-22(29)26-23-17(2)9-8-10-18(23)3/h8-14,19H,7,15-16H2,1-6H3,(H,25,30)(H,26,29)/t19-/m0/s1. The van der Waals surface area contributed by atoms with E-state index in [4.69, 9.17) is 0 Å². The Kier molecular flexibility index (Phi) is 8.42. The quantitative estimate of drug-likeness (QED) is 0.666. The molecule has 0 aliphatic carbocycles. The summed E-state index contributed by atoms with van der Waals surface area (Å²) in [7, 11) is 4.02. The first-order chi connectivity index (χ1) is 14.2. The number of carbonyl (C=O) groups is 2. The van der Waals surface area contributed by atoms with Crippen molar-refractivity contribution >= 4 is 23.2 Å². The van der Waals surface area contributed by atoms with Crippen LogP contribution in [0.1, 0.15) is 30.5 Å². The van der Waals surface area contributed by atoms with Crippen molar-refractivity contribution in [2.45, 2.75) is 40.3 Å². The monoisotopic (exact) mass is 410 g/mol. The van der Waals surface area contributed by atoms with Crippen LogP contribution in [0.2, 0.25) is 0 Å². The third kappa shape index (κ3) is 6.32. The molecule has 1 atom stereocenters. The van der Waals surface area contributed by atoms with Crippen molar-refractivity contribution in [1.29, 1.82) is 0 Å². The van der Waals surface area contributed by atoms with Crippen molar-refractivity contribution < 1.29 is 9.59 Å². The number of hydrogen-bond donors (Lipinski definition) is 2. The Balaban J connectivity index is 1.90. The molecule has 0 heterocycles. The first kappa shape index (κ1) is 23.4. The number of likely N-dealkylation sites (N-methyl/N-ethyl adjacent to an activating group) is 1. The smallest absolute Gasteiger partial charge is 0.243 e. The van der Waals surface area contributed by atoms with Crippen LogP contribution >= 0.6 is 0 Å². The molecule has 0 aliphatic heterocycles. The predicted molar refractivity (Wildman–Crippen MR) is 124 cm³/mol. The number of hydrogen-bond acceptors (Lipinski definition) is 4. The molecule has 0 radical (unpaired) electrons. The summed E-state index contributed by atoms with van der Waals surface area (Å²) in [6, 6.07) is 13.8. The molecule has 2 amide bonds. The molecule has 2 rings (SSSR count). The Morgan fingerprint density at radius 1 is 1.00 bits per heavy atom. The average molecular weight is 411 g/mol. The van der Waals surface area contributed by atoms with Gasteiger partial charge in [0.1, 0.15) is 0 Å². The Morgan fingerprint density at radius 3 is 2.13 bits per heavy atom. The zero-order valence-electron chi connectivity index (χ0n) is 19.0. The van der Waals surface area contributed by atoms with Crippen LogP contribution in [0.4, 0.5) is 11.4 Å². The van der Waals surface area contributed by atoms with E-state index in [-0.39, 0.29) is 24.4 Å². The van der Waals surface area contributed by atoms with Gasteiger partial charge in [-0.3, -0.25) is 14.5 Å². The maximum Gasteiger partial charge on any atom is 0.243 e. The molecular weight excluding hydrogens is 376 g/mol. The minimum Gasteiger partial charge on any atom is -0.378 e. The molecule has 0 aromatic heterocycles. The van der Waals surface area contributed by atoms with Crippen LogP contribution in [0, 0.1) is 13.8 Å². The van der Waals surface area contributed by atoms with Gasteiger partial charge in [0, 0.05) is 32.0 Å². The van der Waals surface area contributed by atoms with E-state index < -0.39 is 0 Å². The molecule has 0 fully saturated rings. The fraction of sp³-hybridized carbons (Fsp3) is 0.417. The molecule has 0 saturated carbocycles. The Hall–Kier alpha value is -2.86. The van der Waals surface area contributed by atoms with E-state index in [9.17, 15) is 9.59 Å². The normalized spacial score (nSPS) is 11.8. The highest BCUT2D eigenvalue weighted by molar-refractivity contribution is 5.96. The van der Waals surface area contributed by atoms with Crippen molar-refractivity contribution in [1.82, 2.24) is 10.2 Å². The van der Waals surface area contributed by atoms with E-state index >= 15 is 0 Å². The van der Waals surface area contributed by atoms with E-state index in [0.717, 1.165) is 34.6 Å². The van der Waals surface area contributed by atoms with Gasteiger partial charge < -0.3 is 15.5 Å². The third-order valence-electron chi connectivity index (χ3n) is 5.34. The maximum absolute atomic E-state index is 12.6.